The normalized spacial score (nSPS) is 14.4. The van der Waals surface area contributed by atoms with E-state index < -0.39 is 17.3 Å². The molecule has 0 aliphatic carbocycles. The van der Waals surface area contributed by atoms with Crippen molar-refractivity contribution in [3.05, 3.63) is 59.2 Å². The molecule has 0 unspecified atom stereocenters. The number of benzene rings is 2. The first-order valence-corrected chi connectivity index (χ1v) is 8.97. The lowest BCUT2D eigenvalue weighted by atomic mass is 9.99. The topological polar surface area (TPSA) is 38.8 Å². The quantitative estimate of drug-likeness (QED) is 0.648. The minimum atomic E-state index is -4.38. The summed E-state index contributed by atoms with van der Waals surface area (Å²) < 4.78 is 49.3. The largest absolute Gasteiger partial charge is 0.457 e. The van der Waals surface area contributed by atoms with E-state index in [4.69, 9.17) is 9.47 Å². The van der Waals surface area contributed by atoms with Crippen LogP contribution in [0.15, 0.2) is 42.5 Å². The van der Waals surface area contributed by atoms with Gasteiger partial charge in [-0.2, -0.15) is 13.2 Å². The first-order valence-electron chi connectivity index (χ1n) is 8.97. The summed E-state index contributed by atoms with van der Waals surface area (Å²) in [6.07, 6.45) is -4.17. The number of fused-ring (bicyclic) bond motifs is 1. The monoisotopic (exact) mass is 393 g/mol. The highest BCUT2D eigenvalue weighted by atomic mass is 19.4. The number of hydrogen-bond acceptors (Lipinski definition) is 3. The molecule has 3 rings (SSSR count). The van der Waals surface area contributed by atoms with Crippen LogP contribution < -0.4 is 4.74 Å². The second-order valence-corrected chi connectivity index (χ2v) is 7.67. The van der Waals surface area contributed by atoms with Crippen molar-refractivity contribution in [3.63, 3.8) is 0 Å². The summed E-state index contributed by atoms with van der Waals surface area (Å²) in [4.78, 5) is 13.9. The third-order valence-electron chi connectivity index (χ3n) is 4.28. The maximum atomic E-state index is 12.7. The van der Waals surface area contributed by atoms with Crippen molar-refractivity contribution >= 4 is 6.09 Å². The first-order chi connectivity index (χ1) is 13.0. The standard InChI is InChI=1S/C21H22F3NO3/c1-20(2,3)28-19(26)25-12-11-17-14(13-25)5-4-6-18(17)27-16-9-7-15(8-10-16)21(22,23)24/h4-10H,11-13H2,1-3H3. The second kappa shape index (κ2) is 7.37. The zero-order valence-electron chi connectivity index (χ0n) is 16.0. The molecular weight excluding hydrogens is 371 g/mol. The second-order valence-electron chi connectivity index (χ2n) is 7.67. The highest BCUT2D eigenvalue weighted by molar-refractivity contribution is 5.69. The summed E-state index contributed by atoms with van der Waals surface area (Å²) >= 11 is 0. The number of carbonyl (C=O) groups excluding carboxylic acids is 1. The molecule has 1 aliphatic heterocycles. The van der Waals surface area contributed by atoms with Crippen molar-refractivity contribution in [1.29, 1.82) is 0 Å². The maximum absolute atomic E-state index is 12.7. The lowest BCUT2D eigenvalue weighted by Crippen LogP contribution is -2.39. The summed E-state index contributed by atoms with van der Waals surface area (Å²) in [5, 5.41) is 0. The van der Waals surface area contributed by atoms with Crippen LogP contribution in [0.3, 0.4) is 0 Å². The summed E-state index contributed by atoms with van der Waals surface area (Å²) in [5.41, 5.74) is 0.594. The van der Waals surface area contributed by atoms with Gasteiger partial charge in [0.25, 0.3) is 0 Å². The predicted octanol–water partition coefficient (Wildman–Crippen LogP) is 5.79. The first kappa shape index (κ1) is 20.0. The summed E-state index contributed by atoms with van der Waals surface area (Å²) in [7, 11) is 0. The van der Waals surface area contributed by atoms with Crippen LogP contribution >= 0.6 is 0 Å². The Bertz CT molecular complexity index is 855. The van der Waals surface area contributed by atoms with E-state index >= 15 is 0 Å². The van der Waals surface area contributed by atoms with Gasteiger partial charge in [0.15, 0.2) is 0 Å². The number of hydrogen-bond donors (Lipinski definition) is 0. The van der Waals surface area contributed by atoms with Crippen molar-refractivity contribution in [2.75, 3.05) is 6.54 Å². The fourth-order valence-corrected chi connectivity index (χ4v) is 2.99. The Hall–Kier alpha value is -2.70. The smallest absolute Gasteiger partial charge is 0.416 e. The lowest BCUT2D eigenvalue weighted by molar-refractivity contribution is -0.137. The number of ether oxygens (including phenoxy) is 2. The van der Waals surface area contributed by atoms with Crippen molar-refractivity contribution < 1.29 is 27.4 Å². The van der Waals surface area contributed by atoms with Crippen LogP contribution in [0.1, 0.15) is 37.5 Å². The number of halogens is 3. The molecule has 0 fully saturated rings. The van der Waals surface area contributed by atoms with E-state index in [1.165, 1.54) is 12.1 Å². The maximum Gasteiger partial charge on any atom is 0.416 e. The molecule has 1 aliphatic rings. The number of nitrogens with zero attached hydrogens (tertiary/aromatic N) is 1. The van der Waals surface area contributed by atoms with E-state index in [1.54, 1.807) is 17.0 Å². The zero-order valence-corrected chi connectivity index (χ0v) is 16.0. The fraction of sp³-hybridized carbons (Fsp3) is 0.381. The Morgan fingerprint density at radius 2 is 1.71 bits per heavy atom. The molecule has 2 aromatic carbocycles. The van der Waals surface area contributed by atoms with E-state index in [0.29, 0.717) is 31.0 Å². The van der Waals surface area contributed by atoms with E-state index in [0.717, 1.165) is 23.3 Å². The Labute approximate surface area is 161 Å². The van der Waals surface area contributed by atoms with Crippen LogP contribution in [-0.2, 0) is 23.9 Å². The molecule has 0 aromatic heterocycles. The van der Waals surface area contributed by atoms with E-state index in [2.05, 4.69) is 0 Å². The Morgan fingerprint density at radius 3 is 2.32 bits per heavy atom. The van der Waals surface area contributed by atoms with Gasteiger partial charge in [0.05, 0.1) is 5.56 Å². The molecule has 7 heteroatoms. The minimum Gasteiger partial charge on any atom is -0.457 e. The Kier molecular flexibility index (Phi) is 5.28. The van der Waals surface area contributed by atoms with Crippen LogP contribution in [0.5, 0.6) is 11.5 Å². The van der Waals surface area contributed by atoms with Crippen LogP contribution in [0.4, 0.5) is 18.0 Å². The Morgan fingerprint density at radius 1 is 1.04 bits per heavy atom. The van der Waals surface area contributed by atoms with Gasteiger partial charge in [0, 0.05) is 18.7 Å². The van der Waals surface area contributed by atoms with Gasteiger partial charge < -0.3 is 14.4 Å². The number of carbonyl (C=O) groups is 1. The van der Waals surface area contributed by atoms with E-state index in [-0.39, 0.29) is 6.09 Å². The van der Waals surface area contributed by atoms with Gasteiger partial charge in [-0.15, -0.1) is 0 Å². The molecule has 4 nitrogen and oxygen atoms in total. The molecule has 0 saturated heterocycles. The number of rotatable bonds is 2. The number of alkyl halides is 3. The van der Waals surface area contributed by atoms with Gasteiger partial charge in [0.2, 0.25) is 0 Å². The fourth-order valence-electron chi connectivity index (χ4n) is 2.99. The minimum absolute atomic E-state index is 0.330. The lowest BCUT2D eigenvalue weighted by Gasteiger charge is -2.31. The van der Waals surface area contributed by atoms with Gasteiger partial charge in [0.1, 0.15) is 17.1 Å². The van der Waals surface area contributed by atoms with Gasteiger partial charge in [-0.1, -0.05) is 12.1 Å². The van der Waals surface area contributed by atoms with Gasteiger partial charge in [-0.3, -0.25) is 0 Å². The molecule has 0 bridgehead atoms. The Balaban J connectivity index is 1.75. The van der Waals surface area contributed by atoms with Crippen LogP contribution in [0.2, 0.25) is 0 Å². The molecule has 0 saturated carbocycles. The molecule has 150 valence electrons. The van der Waals surface area contributed by atoms with Gasteiger partial charge in [-0.25, -0.2) is 4.79 Å². The summed E-state index contributed by atoms with van der Waals surface area (Å²) in [6.45, 7) is 6.33. The molecule has 0 spiro atoms. The summed E-state index contributed by atoms with van der Waals surface area (Å²) in [5.74, 6) is 0.914. The van der Waals surface area contributed by atoms with E-state index in [9.17, 15) is 18.0 Å². The third-order valence-corrected chi connectivity index (χ3v) is 4.28. The van der Waals surface area contributed by atoms with Crippen LogP contribution in [0.25, 0.3) is 0 Å². The highest BCUT2D eigenvalue weighted by Crippen LogP contribution is 2.34. The summed E-state index contributed by atoms with van der Waals surface area (Å²) in [6, 6.07) is 10.1. The van der Waals surface area contributed by atoms with Crippen LogP contribution in [0, 0.1) is 0 Å². The van der Waals surface area contributed by atoms with Gasteiger partial charge >= 0.3 is 12.3 Å². The molecular formula is C21H22F3NO3. The van der Waals surface area contributed by atoms with Gasteiger partial charge in [-0.05, 0) is 63.1 Å². The molecule has 0 radical (unpaired) electrons. The number of amides is 1. The molecule has 0 atom stereocenters. The van der Waals surface area contributed by atoms with Crippen molar-refractivity contribution in [2.24, 2.45) is 0 Å². The molecule has 0 N–H and O–H groups in total. The average Bonchev–Trinajstić information content (AvgIpc) is 2.60. The predicted molar refractivity (Wildman–Crippen MR) is 98.3 cm³/mol. The zero-order chi connectivity index (χ0) is 20.5. The SMILES string of the molecule is CC(C)(C)OC(=O)N1CCc2c(cccc2Oc2ccc(C(F)(F)F)cc2)C1. The van der Waals surface area contributed by atoms with Crippen molar-refractivity contribution in [3.8, 4) is 11.5 Å². The van der Waals surface area contributed by atoms with Crippen LogP contribution in [-0.4, -0.2) is 23.1 Å². The molecule has 1 heterocycles. The van der Waals surface area contributed by atoms with Crippen molar-refractivity contribution in [1.82, 2.24) is 4.90 Å². The molecule has 2 aromatic rings. The highest BCUT2D eigenvalue weighted by Gasteiger charge is 2.30. The average molecular weight is 393 g/mol. The van der Waals surface area contributed by atoms with E-state index in [1.807, 2.05) is 26.8 Å². The van der Waals surface area contributed by atoms with Crippen molar-refractivity contribution in [2.45, 2.75) is 45.5 Å². The molecule has 28 heavy (non-hydrogen) atoms. The third kappa shape index (κ3) is 4.77. The molecule has 1 amide bonds.